The molecule has 0 radical (unpaired) electrons. The third-order valence-corrected chi connectivity index (χ3v) is 4.85. The van der Waals surface area contributed by atoms with Gasteiger partial charge in [-0.25, -0.2) is 4.98 Å². The summed E-state index contributed by atoms with van der Waals surface area (Å²) in [5, 5.41) is 8.40. The number of hydrogen-bond acceptors (Lipinski definition) is 7. The van der Waals surface area contributed by atoms with Gasteiger partial charge in [-0.05, 0) is 31.0 Å². The molecule has 9 heteroatoms. The Balaban J connectivity index is 1.80. The van der Waals surface area contributed by atoms with Crippen LogP contribution in [-0.2, 0) is 22.4 Å². The lowest BCUT2D eigenvalue weighted by Gasteiger charge is -2.19. The molecule has 0 N–H and O–H groups in total. The maximum absolute atomic E-state index is 12.7. The Morgan fingerprint density at radius 1 is 1.17 bits per heavy atom. The number of pyridine rings is 2. The van der Waals surface area contributed by atoms with Crippen LogP contribution < -0.4 is 4.74 Å². The largest absolute Gasteiger partial charge is 0.494 e. The molecule has 3 rings (SSSR count). The molecule has 0 fully saturated rings. The van der Waals surface area contributed by atoms with Gasteiger partial charge in [0.25, 0.3) is 0 Å². The number of rotatable bonds is 8. The molecule has 0 aromatic carbocycles. The second-order valence-electron chi connectivity index (χ2n) is 6.55. The smallest absolute Gasteiger partial charge is 0.193 e. The number of aryl methyl sites for hydroxylation is 1. The van der Waals surface area contributed by atoms with E-state index in [1.165, 1.54) is 17.2 Å². The first kappa shape index (κ1) is 20.9. The van der Waals surface area contributed by atoms with Gasteiger partial charge in [-0.2, -0.15) is 10.2 Å². The van der Waals surface area contributed by atoms with E-state index in [4.69, 9.17) is 21.1 Å². The Hall–Kier alpha value is -2.84. The molecule has 3 heterocycles. The third-order valence-electron chi connectivity index (χ3n) is 4.57. The molecule has 0 aliphatic carbocycles. The summed E-state index contributed by atoms with van der Waals surface area (Å²) in [6.07, 6.45) is 6.55. The lowest BCUT2D eigenvalue weighted by atomic mass is 9.97. The number of aromatic nitrogens is 5. The minimum atomic E-state index is -0.230. The number of Topliss-reactive ketones (excluding diaryl/α,β-unsaturated/α-hetero) is 1. The van der Waals surface area contributed by atoms with Gasteiger partial charge in [-0.3, -0.25) is 9.78 Å². The van der Waals surface area contributed by atoms with Crippen LogP contribution in [0.3, 0.4) is 0 Å². The maximum Gasteiger partial charge on any atom is 0.193 e. The van der Waals surface area contributed by atoms with Gasteiger partial charge in [0.2, 0.25) is 0 Å². The van der Waals surface area contributed by atoms with Crippen LogP contribution in [-0.4, -0.2) is 45.0 Å². The van der Waals surface area contributed by atoms with Gasteiger partial charge in [0, 0.05) is 37.9 Å². The van der Waals surface area contributed by atoms with E-state index in [-0.39, 0.29) is 24.7 Å². The molecule has 0 bridgehead atoms. The number of methoxy groups -OCH3 is 2. The molecule has 3 aromatic heterocycles. The molecule has 8 nitrogen and oxygen atoms in total. The normalized spacial score (nSPS) is 12.0. The zero-order valence-corrected chi connectivity index (χ0v) is 17.5. The van der Waals surface area contributed by atoms with E-state index in [0.717, 1.165) is 16.8 Å². The quantitative estimate of drug-likeness (QED) is 0.558. The van der Waals surface area contributed by atoms with Crippen molar-refractivity contribution >= 4 is 17.4 Å². The van der Waals surface area contributed by atoms with Gasteiger partial charge in [0.15, 0.2) is 5.82 Å². The molecule has 29 heavy (non-hydrogen) atoms. The second-order valence-corrected chi connectivity index (χ2v) is 6.96. The van der Waals surface area contributed by atoms with Crippen molar-refractivity contribution in [3.05, 3.63) is 58.3 Å². The highest BCUT2D eigenvalue weighted by Crippen LogP contribution is 2.32. The zero-order valence-electron chi connectivity index (χ0n) is 16.7. The predicted molar refractivity (Wildman–Crippen MR) is 108 cm³/mol. The Bertz CT molecular complexity index is 1010. The number of hydrogen-bond donors (Lipinski definition) is 0. The van der Waals surface area contributed by atoms with Crippen LogP contribution in [0.5, 0.6) is 5.75 Å². The highest BCUT2D eigenvalue weighted by Gasteiger charge is 2.21. The lowest BCUT2D eigenvalue weighted by molar-refractivity contribution is -0.117. The molecule has 3 aromatic rings. The van der Waals surface area contributed by atoms with Gasteiger partial charge >= 0.3 is 0 Å². The maximum atomic E-state index is 12.7. The number of carbonyl (C=O) groups excluding carboxylic acids is 1. The summed E-state index contributed by atoms with van der Waals surface area (Å²) in [7, 11) is 3.21. The van der Waals surface area contributed by atoms with E-state index in [1.54, 1.807) is 32.7 Å². The van der Waals surface area contributed by atoms with Crippen molar-refractivity contribution in [3.63, 3.8) is 0 Å². The number of ketones is 1. The van der Waals surface area contributed by atoms with Crippen LogP contribution in [0.25, 0.3) is 5.82 Å². The summed E-state index contributed by atoms with van der Waals surface area (Å²) in [6.45, 7) is 3.77. The van der Waals surface area contributed by atoms with Gasteiger partial charge in [0.05, 0.1) is 36.3 Å². The number of ether oxygens (including phenoxy) is 2. The van der Waals surface area contributed by atoms with E-state index >= 15 is 0 Å². The summed E-state index contributed by atoms with van der Waals surface area (Å²) in [6, 6.07) is 1.71. The number of halogens is 1. The van der Waals surface area contributed by atoms with E-state index in [0.29, 0.717) is 22.2 Å². The van der Waals surface area contributed by atoms with Crippen LogP contribution in [0, 0.1) is 6.92 Å². The SMILES string of the molecule is COc1c(C)ncc(CC(=O)Cc2cnc(-n3nccn3)c(Cl)c2)c1[C@H](C)OC. The number of nitrogens with zero attached hydrogens (tertiary/aromatic N) is 5. The predicted octanol–water partition coefficient (Wildman–Crippen LogP) is 3.09. The molecule has 152 valence electrons. The van der Waals surface area contributed by atoms with Crippen LogP contribution in [0.2, 0.25) is 5.02 Å². The average Bonchev–Trinajstić information content (AvgIpc) is 3.23. The van der Waals surface area contributed by atoms with Crippen LogP contribution >= 0.6 is 11.6 Å². The molecule has 0 saturated carbocycles. The van der Waals surface area contributed by atoms with Crippen molar-refractivity contribution in [2.75, 3.05) is 14.2 Å². The van der Waals surface area contributed by atoms with E-state index in [2.05, 4.69) is 20.2 Å². The molecule has 0 unspecified atom stereocenters. The first-order valence-electron chi connectivity index (χ1n) is 9.02. The fourth-order valence-electron chi connectivity index (χ4n) is 3.15. The third kappa shape index (κ3) is 4.60. The summed E-state index contributed by atoms with van der Waals surface area (Å²) in [5.74, 6) is 1.06. The van der Waals surface area contributed by atoms with Gasteiger partial charge in [-0.1, -0.05) is 11.6 Å². The van der Waals surface area contributed by atoms with Gasteiger partial charge in [-0.15, -0.1) is 4.80 Å². The first-order chi connectivity index (χ1) is 13.9. The fraction of sp³-hybridized carbons (Fsp3) is 0.350. The van der Waals surface area contributed by atoms with Crippen molar-refractivity contribution < 1.29 is 14.3 Å². The molecule has 0 saturated heterocycles. The van der Waals surface area contributed by atoms with Crippen molar-refractivity contribution in [1.29, 1.82) is 0 Å². The summed E-state index contributed by atoms with van der Waals surface area (Å²) >= 11 is 6.29. The molecular weight excluding hydrogens is 394 g/mol. The Morgan fingerprint density at radius 2 is 1.90 bits per heavy atom. The van der Waals surface area contributed by atoms with Crippen molar-refractivity contribution in [2.24, 2.45) is 0 Å². The first-order valence-corrected chi connectivity index (χ1v) is 9.40. The Morgan fingerprint density at radius 3 is 2.52 bits per heavy atom. The van der Waals surface area contributed by atoms with Crippen molar-refractivity contribution in [3.8, 4) is 11.6 Å². The van der Waals surface area contributed by atoms with Crippen molar-refractivity contribution in [2.45, 2.75) is 32.8 Å². The monoisotopic (exact) mass is 415 g/mol. The fourth-order valence-corrected chi connectivity index (χ4v) is 3.41. The molecule has 1 atom stereocenters. The molecule has 0 spiro atoms. The molecule has 0 aliphatic heterocycles. The molecule has 0 amide bonds. The topological polar surface area (TPSA) is 92.0 Å². The average molecular weight is 416 g/mol. The van der Waals surface area contributed by atoms with Crippen LogP contribution in [0.1, 0.15) is 35.4 Å². The van der Waals surface area contributed by atoms with Gasteiger partial charge < -0.3 is 9.47 Å². The number of carbonyl (C=O) groups is 1. The molecule has 0 aliphatic rings. The van der Waals surface area contributed by atoms with Crippen LogP contribution in [0.15, 0.2) is 30.9 Å². The van der Waals surface area contributed by atoms with Crippen LogP contribution in [0.4, 0.5) is 0 Å². The summed E-state index contributed by atoms with van der Waals surface area (Å²) in [5.41, 5.74) is 3.08. The minimum Gasteiger partial charge on any atom is -0.494 e. The van der Waals surface area contributed by atoms with E-state index in [1.807, 2.05) is 13.8 Å². The molecular formula is C20H22ClN5O3. The van der Waals surface area contributed by atoms with Crippen molar-refractivity contribution in [1.82, 2.24) is 25.0 Å². The highest BCUT2D eigenvalue weighted by atomic mass is 35.5. The lowest BCUT2D eigenvalue weighted by Crippen LogP contribution is -2.13. The second kappa shape index (κ2) is 9.11. The standard InChI is InChI=1S/C20H22ClN5O3/c1-12-19(29-4)18(13(2)28-3)15(11-22-12)9-16(27)7-14-8-17(21)20(23-10-14)26-24-5-6-25-26/h5-6,8,10-11,13H,7,9H2,1-4H3/t13-/m0/s1. The summed E-state index contributed by atoms with van der Waals surface area (Å²) in [4.78, 5) is 22.7. The Labute approximate surface area is 173 Å². The summed E-state index contributed by atoms with van der Waals surface area (Å²) < 4.78 is 11.0. The minimum absolute atomic E-state index is 0.00471. The van der Waals surface area contributed by atoms with E-state index in [9.17, 15) is 4.79 Å². The highest BCUT2D eigenvalue weighted by molar-refractivity contribution is 6.32. The zero-order chi connectivity index (χ0) is 21.0. The Kier molecular flexibility index (Phi) is 6.56. The van der Waals surface area contributed by atoms with E-state index < -0.39 is 0 Å². The van der Waals surface area contributed by atoms with Gasteiger partial charge in [0.1, 0.15) is 11.5 Å².